The Bertz CT molecular complexity index is 489. The van der Waals surface area contributed by atoms with Crippen molar-refractivity contribution in [3.05, 3.63) is 12.2 Å². The van der Waals surface area contributed by atoms with E-state index in [9.17, 15) is 4.79 Å². The van der Waals surface area contributed by atoms with Crippen LogP contribution in [0.2, 0.25) is 0 Å². The van der Waals surface area contributed by atoms with E-state index < -0.39 is 0 Å². The summed E-state index contributed by atoms with van der Waals surface area (Å²) in [5.41, 5.74) is 1.07. The molecule has 0 unspecified atom stereocenters. The average molecular weight is 457 g/mol. The highest BCUT2D eigenvalue weighted by Crippen LogP contribution is 2.64. The molecule has 0 aromatic rings. The van der Waals surface area contributed by atoms with Crippen LogP contribution >= 0.6 is 43.5 Å². The van der Waals surface area contributed by atoms with Crippen molar-refractivity contribution in [1.29, 1.82) is 0 Å². The maximum atomic E-state index is 11.4. The topological polar surface area (TPSA) is 26.3 Å². The van der Waals surface area contributed by atoms with Crippen molar-refractivity contribution in [2.24, 2.45) is 10.8 Å². The molecule has 1 spiro atoms. The predicted molar refractivity (Wildman–Crippen MR) is 99.1 cm³/mol. The molecule has 2 saturated carbocycles. The molecule has 0 heterocycles. The van der Waals surface area contributed by atoms with Crippen molar-refractivity contribution in [2.75, 3.05) is 0 Å². The van der Waals surface area contributed by atoms with E-state index in [-0.39, 0.29) is 37.4 Å². The molecular weight excluding hydrogens is 431 g/mol. The Labute approximate surface area is 155 Å². The third kappa shape index (κ3) is 2.93. The zero-order chi connectivity index (χ0) is 16.9. The zero-order valence-corrected chi connectivity index (χ0v) is 17.6. The number of esters is 1. The van der Waals surface area contributed by atoms with Gasteiger partial charge in [0.25, 0.3) is 0 Å². The molecule has 0 amide bonds. The molecular formula is C17H25Br2ClO2. The summed E-state index contributed by atoms with van der Waals surface area (Å²) in [6.07, 6.45) is 3.52. The van der Waals surface area contributed by atoms with Crippen molar-refractivity contribution in [1.82, 2.24) is 0 Å². The van der Waals surface area contributed by atoms with E-state index in [4.69, 9.17) is 16.3 Å². The van der Waals surface area contributed by atoms with Gasteiger partial charge in [0.1, 0.15) is 6.10 Å². The number of rotatable bonds is 1. The molecule has 2 aliphatic rings. The second-order valence-corrected chi connectivity index (χ2v) is 10.9. The Balaban J connectivity index is 2.34. The Kier molecular flexibility index (Phi) is 5.19. The molecule has 0 aromatic carbocycles. The summed E-state index contributed by atoms with van der Waals surface area (Å²) in [7, 11) is 0. The number of halogens is 3. The van der Waals surface area contributed by atoms with Gasteiger partial charge in [0.2, 0.25) is 0 Å². The first-order chi connectivity index (χ1) is 9.94. The molecule has 0 bridgehead atoms. The summed E-state index contributed by atoms with van der Waals surface area (Å²) in [5, 5.41) is 0.0576. The van der Waals surface area contributed by atoms with Crippen LogP contribution in [0.5, 0.6) is 0 Å². The third-order valence-corrected chi connectivity index (χ3v) is 9.50. The van der Waals surface area contributed by atoms with Crippen molar-refractivity contribution in [3.8, 4) is 0 Å². The van der Waals surface area contributed by atoms with Crippen LogP contribution in [-0.4, -0.2) is 26.6 Å². The molecule has 22 heavy (non-hydrogen) atoms. The summed E-state index contributed by atoms with van der Waals surface area (Å²) in [5.74, 6) is -0.235. The van der Waals surface area contributed by atoms with Crippen LogP contribution in [0.15, 0.2) is 12.2 Å². The van der Waals surface area contributed by atoms with Crippen LogP contribution in [0.1, 0.15) is 53.4 Å². The average Bonchev–Trinajstić information content (AvgIpc) is 2.38. The van der Waals surface area contributed by atoms with E-state index in [0.717, 1.165) is 19.3 Å². The van der Waals surface area contributed by atoms with Crippen LogP contribution in [-0.2, 0) is 9.53 Å². The summed E-state index contributed by atoms with van der Waals surface area (Å²) in [6, 6.07) is 0. The van der Waals surface area contributed by atoms with Gasteiger partial charge in [-0.15, -0.1) is 11.6 Å². The van der Waals surface area contributed by atoms with Crippen LogP contribution in [0.3, 0.4) is 0 Å². The molecule has 5 heteroatoms. The fourth-order valence-corrected chi connectivity index (χ4v) is 5.65. The second-order valence-electron chi connectivity index (χ2n) is 7.61. The van der Waals surface area contributed by atoms with Gasteiger partial charge in [0.05, 0.1) is 4.83 Å². The lowest BCUT2D eigenvalue weighted by atomic mass is 9.49. The molecule has 0 N–H and O–H groups in total. The molecule has 2 nitrogen and oxygen atoms in total. The quantitative estimate of drug-likeness (QED) is 0.292. The number of hydrogen-bond donors (Lipinski definition) is 0. The van der Waals surface area contributed by atoms with Crippen LogP contribution in [0.25, 0.3) is 0 Å². The zero-order valence-electron chi connectivity index (χ0n) is 13.7. The smallest absolute Gasteiger partial charge is 0.302 e. The maximum absolute atomic E-state index is 11.4. The van der Waals surface area contributed by atoms with Gasteiger partial charge >= 0.3 is 5.97 Å². The lowest BCUT2D eigenvalue weighted by Crippen LogP contribution is -2.58. The number of carbonyl (C=O) groups is 1. The van der Waals surface area contributed by atoms with E-state index in [1.807, 2.05) is 0 Å². The van der Waals surface area contributed by atoms with E-state index in [0.29, 0.717) is 6.42 Å². The maximum Gasteiger partial charge on any atom is 0.302 e. The normalized spacial score (nSPS) is 44.9. The lowest BCUT2D eigenvalue weighted by Gasteiger charge is -2.60. The molecule has 2 rings (SSSR count). The fraction of sp³-hybridized carbons (Fsp3) is 0.824. The third-order valence-electron chi connectivity index (χ3n) is 5.91. The highest BCUT2D eigenvalue weighted by atomic mass is 79.9. The first-order valence-corrected chi connectivity index (χ1v) is 9.91. The summed E-state index contributed by atoms with van der Waals surface area (Å²) in [4.78, 5) is 11.5. The number of alkyl halides is 3. The van der Waals surface area contributed by atoms with Crippen molar-refractivity contribution in [2.45, 2.75) is 74.0 Å². The van der Waals surface area contributed by atoms with Gasteiger partial charge in [-0.2, -0.15) is 0 Å². The second kappa shape index (κ2) is 6.07. The monoisotopic (exact) mass is 454 g/mol. The number of ether oxygens (including phenoxy) is 1. The molecule has 2 aliphatic carbocycles. The number of carbonyl (C=O) groups excluding carboxylic acids is 1. The predicted octanol–water partition coefficient (Wildman–Crippen LogP) is 5.60. The van der Waals surface area contributed by atoms with Gasteiger partial charge in [-0.1, -0.05) is 57.9 Å². The number of hydrogen-bond acceptors (Lipinski definition) is 2. The van der Waals surface area contributed by atoms with E-state index in [2.05, 4.69) is 59.2 Å². The van der Waals surface area contributed by atoms with E-state index >= 15 is 0 Å². The first-order valence-electron chi connectivity index (χ1n) is 7.76. The van der Waals surface area contributed by atoms with Gasteiger partial charge in [0.15, 0.2) is 0 Å². The molecule has 5 atom stereocenters. The van der Waals surface area contributed by atoms with Crippen molar-refractivity contribution in [3.63, 3.8) is 0 Å². The van der Waals surface area contributed by atoms with Crippen LogP contribution in [0.4, 0.5) is 0 Å². The minimum absolute atomic E-state index is 0.0164. The first kappa shape index (κ1) is 18.8. The van der Waals surface area contributed by atoms with Crippen molar-refractivity contribution < 1.29 is 9.53 Å². The molecule has 0 radical (unpaired) electrons. The summed E-state index contributed by atoms with van der Waals surface area (Å²) < 4.78 is 5.50. The van der Waals surface area contributed by atoms with Gasteiger partial charge in [0, 0.05) is 23.0 Å². The Hall–Kier alpha value is 0.460. The van der Waals surface area contributed by atoms with E-state index in [1.165, 1.54) is 12.5 Å². The molecule has 2 fully saturated rings. The van der Waals surface area contributed by atoms with Gasteiger partial charge in [-0.3, -0.25) is 4.79 Å². The summed E-state index contributed by atoms with van der Waals surface area (Å²) >= 11 is 14.3. The Morgan fingerprint density at radius 1 is 1.36 bits per heavy atom. The fourth-order valence-electron chi connectivity index (χ4n) is 4.18. The largest absolute Gasteiger partial charge is 0.461 e. The summed E-state index contributed by atoms with van der Waals surface area (Å²) in [6.45, 7) is 12.5. The standard InChI is InChI=1S/C17H25Br2ClO2/c1-10-8-12(22-11(2)21)14(18)15(3,4)17(10)7-6-16(5,19)13(20)9-17/h12-14H,1,6-9H2,2-5H3/t12-,13+,14-,16+,17+/m0/s1. The molecule has 0 aromatic heterocycles. The Morgan fingerprint density at radius 2 is 1.95 bits per heavy atom. The highest BCUT2D eigenvalue weighted by Gasteiger charge is 2.60. The van der Waals surface area contributed by atoms with Crippen LogP contribution < -0.4 is 0 Å². The van der Waals surface area contributed by atoms with E-state index in [1.54, 1.807) is 0 Å². The minimum atomic E-state index is -0.235. The van der Waals surface area contributed by atoms with Crippen molar-refractivity contribution >= 4 is 49.4 Å². The minimum Gasteiger partial charge on any atom is -0.461 e. The van der Waals surface area contributed by atoms with Gasteiger partial charge in [-0.25, -0.2) is 0 Å². The van der Waals surface area contributed by atoms with Gasteiger partial charge in [-0.05, 0) is 37.0 Å². The van der Waals surface area contributed by atoms with Crippen LogP contribution in [0, 0.1) is 10.8 Å². The SMILES string of the molecule is C=C1C[C@H](OC(C)=O)[C@H](Br)C(C)(C)[C@@]12CC[C@@](C)(Br)[C@H](Cl)C2. The Morgan fingerprint density at radius 3 is 2.45 bits per heavy atom. The molecule has 0 saturated heterocycles. The van der Waals surface area contributed by atoms with Gasteiger partial charge < -0.3 is 4.74 Å². The lowest BCUT2D eigenvalue weighted by molar-refractivity contribution is -0.150. The molecule has 126 valence electrons. The highest BCUT2D eigenvalue weighted by molar-refractivity contribution is 9.10. The molecule has 0 aliphatic heterocycles.